The number of amides is 1. The molecule has 0 fully saturated rings. The zero-order valence-electron chi connectivity index (χ0n) is 61.0. The number of allylic oxidation sites excluding steroid dienone is 2. The summed E-state index contributed by atoms with van der Waals surface area (Å²) in [7, 11) is 0. The molecule has 0 aromatic carbocycles. The number of aliphatic hydroxyl groups excluding tert-OH is 2. The Labute approximate surface area is 559 Å². The van der Waals surface area contributed by atoms with Crippen LogP contribution in [0.1, 0.15) is 483 Å². The third-order valence-electron chi connectivity index (χ3n) is 19.8. The van der Waals surface area contributed by atoms with Gasteiger partial charge in [0.2, 0.25) is 5.91 Å². The molecule has 0 aliphatic heterocycles. The number of carbonyl (C=O) groups is 2. The van der Waals surface area contributed by atoms with Gasteiger partial charge in [-0.15, -0.1) is 0 Å². The zero-order chi connectivity index (χ0) is 64.2. The maximum absolute atomic E-state index is 12.6. The van der Waals surface area contributed by atoms with Crippen LogP contribution >= 0.6 is 0 Å². The van der Waals surface area contributed by atoms with Gasteiger partial charge in [-0.25, -0.2) is 0 Å². The number of ether oxygens (including phenoxy) is 1. The molecule has 0 saturated heterocycles. The number of unbranched alkanes of at least 4 members (excludes halogenated alkanes) is 66. The van der Waals surface area contributed by atoms with E-state index in [0.717, 1.165) is 38.5 Å². The molecule has 6 heteroatoms. The maximum Gasteiger partial charge on any atom is 0.305 e. The van der Waals surface area contributed by atoms with Gasteiger partial charge >= 0.3 is 5.97 Å². The highest BCUT2D eigenvalue weighted by Crippen LogP contribution is 2.21. The Hall–Kier alpha value is -1.40. The highest BCUT2D eigenvalue weighted by Gasteiger charge is 2.20. The molecule has 0 heterocycles. The second kappa shape index (κ2) is 79.0. The Balaban J connectivity index is 3.35. The second-order valence-corrected chi connectivity index (χ2v) is 28.8. The molecule has 0 rings (SSSR count). The van der Waals surface area contributed by atoms with Gasteiger partial charge in [0.1, 0.15) is 0 Å². The zero-order valence-corrected chi connectivity index (χ0v) is 61.0. The molecule has 1 amide bonds. The number of hydrogen-bond acceptors (Lipinski definition) is 5. The van der Waals surface area contributed by atoms with Crippen LogP contribution in [0, 0.1) is 0 Å². The number of nitrogens with one attached hydrogen (secondary N) is 1. The molecule has 0 aliphatic carbocycles. The summed E-state index contributed by atoms with van der Waals surface area (Å²) in [5, 5.41) is 23.5. The number of hydrogen-bond donors (Lipinski definition) is 3. The van der Waals surface area contributed by atoms with Crippen LogP contribution in [0.5, 0.6) is 0 Å². The van der Waals surface area contributed by atoms with Gasteiger partial charge in [0.25, 0.3) is 0 Å². The Morgan fingerprint density at radius 1 is 0.303 bits per heavy atom. The van der Waals surface area contributed by atoms with E-state index >= 15 is 0 Å². The normalized spacial score (nSPS) is 12.4. The molecule has 0 saturated carbocycles. The molecule has 6 nitrogen and oxygen atoms in total. The van der Waals surface area contributed by atoms with E-state index in [4.69, 9.17) is 4.74 Å². The van der Waals surface area contributed by atoms with Crippen molar-refractivity contribution >= 4 is 11.9 Å². The molecule has 0 spiro atoms. The van der Waals surface area contributed by atoms with Crippen molar-refractivity contribution in [2.24, 2.45) is 0 Å². The minimum absolute atomic E-state index is 0.0226. The summed E-state index contributed by atoms with van der Waals surface area (Å²) in [5.74, 6) is -0.00432. The van der Waals surface area contributed by atoms with E-state index in [9.17, 15) is 19.8 Å². The van der Waals surface area contributed by atoms with Crippen LogP contribution < -0.4 is 5.32 Å². The van der Waals surface area contributed by atoms with Crippen LogP contribution in [0.15, 0.2) is 12.2 Å². The van der Waals surface area contributed by atoms with Gasteiger partial charge in [0.15, 0.2) is 0 Å². The van der Waals surface area contributed by atoms with Gasteiger partial charge in [0.05, 0.1) is 25.4 Å². The fourth-order valence-corrected chi connectivity index (χ4v) is 13.5. The van der Waals surface area contributed by atoms with Gasteiger partial charge in [-0.2, -0.15) is 0 Å². The molecule has 3 N–H and O–H groups in total. The average Bonchev–Trinajstić information content (AvgIpc) is 3.58. The van der Waals surface area contributed by atoms with Gasteiger partial charge < -0.3 is 20.3 Å². The number of rotatable bonds is 79. The van der Waals surface area contributed by atoms with Crippen LogP contribution in [0.4, 0.5) is 0 Å². The molecule has 89 heavy (non-hydrogen) atoms. The van der Waals surface area contributed by atoms with E-state index in [2.05, 4.69) is 31.3 Å². The minimum atomic E-state index is -0.665. The lowest BCUT2D eigenvalue weighted by Crippen LogP contribution is -2.45. The monoisotopic (exact) mass is 1250 g/mol. The highest BCUT2D eigenvalue weighted by atomic mass is 16.5. The summed E-state index contributed by atoms with van der Waals surface area (Å²) in [5.41, 5.74) is 0. The van der Waals surface area contributed by atoms with Crippen LogP contribution in [0.3, 0.4) is 0 Å². The van der Waals surface area contributed by atoms with E-state index in [0.29, 0.717) is 25.9 Å². The molecular weight excluding hydrogens is 1090 g/mol. The first-order valence-corrected chi connectivity index (χ1v) is 41.4. The van der Waals surface area contributed by atoms with Crippen LogP contribution in [-0.2, 0) is 14.3 Å². The lowest BCUT2D eigenvalue weighted by molar-refractivity contribution is -0.143. The van der Waals surface area contributed by atoms with Crippen molar-refractivity contribution in [2.45, 2.75) is 495 Å². The Morgan fingerprint density at radius 3 is 0.798 bits per heavy atom. The van der Waals surface area contributed by atoms with E-state index < -0.39 is 12.1 Å². The van der Waals surface area contributed by atoms with Gasteiger partial charge in [-0.3, -0.25) is 9.59 Å². The predicted molar refractivity (Wildman–Crippen MR) is 394 cm³/mol. The molecule has 530 valence electrons. The topological polar surface area (TPSA) is 95.9 Å². The Kier molecular flexibility index (Phi) is 77.8. The van der Waals surface area contributed by atoms with E-state index in [-0.39, 0.29) is 18.5 Å². The van der Waals surface area contributed by atoms with E-state index in [1.54, 1.807) is 0 Å². The molecule has 0 radical (unpaired) electrons. The quantitative estimate of drug-likeness (QED) is 0.0320. The molecule has 0 bridgehead atoms. The van der Waals surface area contributed by atoms with Crippen molar-refractivity contribution in [2.75, 3.05) is 13.2 Å². The van der Waals surface area contributed by atoms with Gasteiger partial charge in [-0.05, 0) is 51.4 Å². The van der Waals surface area contributed by atoms with Crippen molar-refractivity contribution in [3.05, 3.63) is 12.2 Å². The number of aliphatic hydroxyl groups is 2. The van der Waals surface area contributed by atoms with Crippen LogP contribution in [0.25, 0.3) is 0 Å². The second-order valence-electron chi connectivity index (χ2n) is 28.8. The van der Waals surface area contributed by atoms with Gasteiger partial charge in [-0.1, -0.05) is 431 Å². The lowest BCUT2D eigenvalue weighted by Gasteiger charge is -2.22. The first-order chi connectivity index (χ1) is 44.0. The molecule has 2 atom stereocenters. The van der Waals surface area contributed by atoms with Gasteiger partial charge in [0, 0.05) is 12.8 Å². The van der Waals surface area contributed by atoms with E-state index in [1.165, 1.54) is 411 Å². The lowest BCUT2D eigenvalue weighted by atomic mass is 10.0. The van der Waals surface area contributed by atoms with E-state index in [1.807, 2.05) is 0 Å². The van der Waals surface area contributed by atoms with Crippen LogP contribution in [-0.4, -0.2) is 47.4 Å². The van der Waals surface area contributed by atoms with Crippen molar-refractivity contribution in [3.63, 3.8) is 0 Å². The number of esters is 1. The van der Waals surface area contributed by atoms with Crippen molar-refractivity contribution < 1.29 is 24.5 Å². The Bertz CT molecular complexity index is 1350. The molecule has 0 aliphatic rings. The third-order valence-corrected chi connectivity index (χ3v) is 19.8. The third kappa shape index (κ3) is 75.5. The first kappa shape index (κ1) is 87.6. The summed E-state index contributed by atoms with van der Waals surface area (Å²) in [6.45, 7) is 5.02. The number of carbonyl (C=O) groups excluding carboxylic acids is 2. The highest BCUT2D eigenvalue weighted by molar-refractivity contribution is 5.76. The fourth-order valence-electron chi connectivity index (χ4n) is 13.5. The van der Waals surface area contributed by atoms with Crippen molar-refractivity contribution in [3.8, 4) is 0 Å². The summed E-state index contributed by atoms with van der Waals surface area (Å²) in [4.78, 5) is 24.7. The standard InChI is InChI=1S/C83H163NO5/c1-3-5-7-9-11-13-15-17-19-21-22-23-24-31-34-37-40-44-47-51-55-59-63-67-71-75-81(86)80(79-85)84-82(87)76-72-68-64-60-56-52-48-45-41-38-35-32-29-27-25-26-28-30-33-36-39-42-46-50-54-58-62-66-70-74-78-89-83(88)77-73-69-65-61-57-53-49-43-20-18-16-14-12-10-8-6-4-2/h26,28,80-81,85-86H,3-25,27,29-79H2,1-2H3,(H,84,87)/b28-26-. The molecule has 2 unspecified atom stereocenters. The fraction of sp³-hybridized carbons (Fsp3) is 0.952. The minimum Gasteiger partial charge on any atom is -0.466 e. The Morgan fingerprint density at radius 2 is 0.528 bits per heavy atom. The maximum atomic E-state index is 12.6. The van der Waals surface area contributed by atoms with Crippen molar-refractivity contribution in [1.82, 2.24) is 5.32 Å². The van der Waals surface area contributed by atoms with Crippen molar-refractivity contribution in [1.29, 1.82) is 0 Å². The summed E-state index contributed by atoms with van der Waals surface area (Å²) in [6.07, 6.45) is 100. The summed E-state index contributed by atoms with van der Waals surface area (Å²) >= 11 is 0. The first-order valence-electron chi connectivity index (χ1n) is 41.4. The SMILES string of the molecule is CCCCCCCCCCCCCCCCCCCCCCCCCCCC(O)C(CO)NC(=O)CCCCCCCCCCCCCCCC/C=C\CCCCCCCCCCCCCCOC(=O)CCCCCCCCCCCCCCCCCCC. The smallest absolute Gasteiger partial charge is 0.305 e. The predicted octanol–water partition coefficient (Wildman–Crippen LogP) is 27.4. The summed E-state index contributed by atoms with van der Waals surface area (Å²) < 4.78 is 5.51. The molecule has 0 aromatic heterocycles. The molecular formula is C83H163NO5. The molecule has 0 aromatic rings. The largest absolute Gasteiger partial charge is 0.466 e. The van der Waals surface area contributed by atoms with Crippen LogP contribution in [0.2, 0.25) is 0 Å². The average molecular weight is 1260 g/mol. The summed E-state index contributed by atoms with van der Waals surface area (Å²) in [6, 6.07) is -0.541.